The molecule has 0 aliphatic heterocycles. The molecule has 0 aromatic carbocycles. The van der Waals surface area contributed by atoms with Crippen LogP contribution in [-0.2, 0) is 9.57 Å². The number of rotatable bonds is 6. The molecule has 0 unspecified atom stereocenters. The predicted octanol–water partition coefficient (Wildman–Crippen LogP) is 1.49. The molecule has 1 aliphatic rings. The van der Waals surface area contributed by atoms with Crippen molar-refractivity contribution >= 4 is 0 Å². The molecule has 12 heavy (non-hydrogen) atoms. The number of hydrogen-bond acceptors (Lipinski definition) is 3. The molecule has 0 bridgehead atoms. The summed E-state index contributed by atoms with van der Waals surface area (Å²) in [6.45, 7) is 1.70. The molecule has 3 heteroatoms. The van der Waals surface area contributed by atoms with Crippen molar-refractivity contribution in [3.8, 4) is 0 Å². The van der Waals surface area contributed by atoms with E-state index in [0.717, 1.165) is 19.6 Å². The lowest BCUT2D eigenvalue weighted by Crippen LogP contribution is -2.23. The average Bonchev–Trinajstić information content (AvgIpc) is 2.57. The number of methoxy groups -OCH3 is 1. The van der Waals surface area contributed by atoms with Crippen LogP contribution in [0.1, 0.15) is 32.1 Å². The highest BCUT2D eigenvalue weighted by Gasteiger charge is 2.14. The van der Waals surface area contributed by atoms with Gasteiger partial charge in [-0.3, -0.25) is 4.84 Å². The zero-order chi connectivity index (χ0) is 8.65. The summed E-state index contributed by atoms with van der Waals surface area (Å²) < 4.78 is 4.92. The summed E-state index contributed by atoms with van der Waals surface area (Å²) >= 11 is 0. The van der Waals surface area contributed by atoms with Gasteiger partial charge in [-0.15, -0.1) is 0 Å². The summed E-state index contributed by atoms with van der Waals surface area (Å²) in [6, 6.07) is 0. The monoisotopic (exact) mass is 173 g/mol. The Morgan fingerprint density at radius 1 is 1.33 bits per heavy atom. The van der Waals surface area contributed by atoms with Crippen LogP contribution in [0.15, 0.2) is 0 Å². The fourth-order valence-electron chi connectivity index (χ4n) is 1.47. The molecule has 72 valence electrons. The van der Waals surface area contributed by atoms with Gasteiger partial charge in [-0.2, -0.15) is 0 Å². The molecular formula is C9H19NO2. The Hall–Kier alpha value is -0.120. The lowest BCUT2D eigenvalue weighted by molar-refractivity contribution is -0.0229. The van der Waals surface area contributed by atoms with Gasteiger partial charge in [0.15, 0.2) is 0 Å². The summed E-state index contributed by atoms with van der Waals surface area (Å²) in [5, 5.41) is 0. The maximum Gasteiger partial charge on any atom is 0.0790 e. The largest absolute Gasteiger partial charge is 0.385 e. The van der Waals surface area contributed by atoms with E-state index < -0.39 is 0 Å². The molecule has 1 rings (SSSR count). The normalized spacial score (nSPS) is 18.8. The molecule has 0 aromatic rings. The van der Waals surface area contributed by atoms with E-state index in [9.17, 15) is 0 Å². The van der Waals surface area contributed by atoms with E-state index in [0.29, 0.717) is 6.10 Å². The van der Waals surface area contributed by atoms with E-state index in [2.05, 4.69) is 5.48 Å². The van der Waals surface area contributed by atoms with Crippen LogP contribution in [0.25, 0.3) is 0 Å². The molecule has 1 fully saturated rings. The third-order valence-electron chi connectivity index (χ3n) is 2.18. The molecule has 1 N–H and O–H groups in total. The minimum atomic E-state index is 0.465. The van der Waals surface area contributed by atoms with Crippen LogP contribution < -0.4 is 5.48 Å². The molecule has 0 aromatic heterocycles. The maximum atomic E-state index is 5.44. The van der Waals surface area contributed by atoms with Crippen molar-refractivity contribution in [1.29, 1.82) is 0 Å². The zero-order valence-corrected chi connectivity index (χ0v) is 7.84. The van der Waals surface area contributed by atoms with E-state index in [-0.39, 0.29) is 0 Å². The third kappa shape index (κ3) is 4.04. The van der Waals surface area contributed by atoms with Crippen LogP contribution >= 0.6 is 0 Å². The standard InChI is InChI=1S/C9H19NO2/c1-11-8-4-7-10-12-9-5-2-3-6-9/h9-10H,2-8H2,1H3. The maximum absolute atomic E-state index is 5.44. The topological polar surface area (TPSA) is 30.5 Å². The van der Waals surface area contributed by atoms with Crippen LogP contribution in [0.5, 0.6) is 0 Å². The fraction of sp³-hybridized carbons (Fsp3) is 1.00. The van der Waals surface area contributed by atoms with Crippen molar-refractivity contribution < 1.29 is 9.57 Å². The van der Waals surface area contributed by atoms with Gasteiger partial charge in [0.2, 0.25) is 0 Å². The number of hydroxylamine groups is 1. The van der Waals surface area contributed by atoms with Crippen molar-refractivity contribution in [2.45, 2.75) is 38.2 Å². The molecule has 0 spiro atoms. The third-order valence-corrected chi connectivity index (χ3v) is 2.18. The highest BCUT2D eigenvalue weighted by Crippen LogP contribution is 2.19. The Morgan fingerprint density at radius 3 is 2.75 bits per heavy atom. The van der Waals surface area contributed by atoms with Gasteiger partial charge in [-0.1, -0.05) is 12.8 Å². The first-order chi connectivity index (χ1) is 5.93. The van der Waals surface area contributed by atoms with Crippen LogP contribution in [0, 0.1) is 0 Å². The molecule has 1 saturated carbocycles. The van der Waals surface area contributed by atoms with Gasteiger partial charge in [-0.25, -0.2) is 5.48 Å². The Kier molecular flexibility index (Phi) is 5.32. The quantitative estimate of drug-likeness (QED) is 0.487. The van der Waals surface area contributed by atoms with Crippen molar-refractivity contribution in [2.24, 2.45) is 0 Å². The number of nitrogens with one attached hydrogen (secondary N) is 1. The zero-order valence-electron chi connectivity index (χ0n) is 7.84. The SMILES string of the molecule is COCCCNOC1CCCC1. The summed E-state index contributed by atoms with van der Waals surface area (Å²) in [7, 11) is 1.72. The molecule has 0 atom stereocenters. The molecule has 0 amide bonds. The van der Waals surface area contributed by atoms with Crippen LogP contribution in [-0.4, -0.2) is 26.4 Å². The summed E-state index contributed by atoms with van der Waals surface area (Å²) in [6.07, 6.45) is 6.57. The predicted molar refractivity (Wildman–Crippen MR) is 47.8 cm³/mol. The van der Waals surface area contributed by atoms with Crippen molar-refractivity contribution in [2.75, 3.05) is 20.3 Å². The highest BCUT2D eigenvalue weighted by molar-refractivity contribution is 4.65. The van der Waals surface area contributed by atoms with Gasteiger partial charge in [0.25, 0.3) is 0 Å². The highest BCUT2D eigenvalue weighted by atomic mass is 16.7. The molecule has 0 heterocycles. The van der Waals surface area contributed by atoms with Crippen LogP contribution in [0.4, 0.5) is 0 Å². The minimum Gasteiger partial charge on any atom is -0.385 e. The van der Waals surface area contributed by atoms with E-state index in [1.54, 1.807) is 7.11 Å². The molecule has 0 radical (unpaired) electrons. The fourth-order valence-corrected chi connectivity index (χ4v) is 1.47. The second-order valence-electron chi connectivity index (χ2n) is 3.27. The van der Waals surface area contributed by atoms with Gasteiger partial charge in [0.1, 0.15) is 0 Å². The van der Waals surface area contributed by atoms with E-state index in [1.807, 2.05) is 0 Å². The van der Waals surface area contributed by atoms with Crippen molar-refractivity contribution in [3.05, 3.63) is 0 Å². The van der Waals surface area contributed by atoms with Crippen LogP contribution in [0.3, 0.4) is 0 Å². The Bertz CT molecular complexity index is 103. The van der Waals surface area contributed by atoms with E-state index in [1.165, 1.54) is 25.7 Å². The smallest absolute Gasteiger partial charge is 0.0790 e. The van der Waals surface area contributed by atoms with Gasteiger partial charge in [0, 0.05) is 20.3 Å². The van der Waals surface area contributed by atoms with Gasteiger partial charge in [-0.05, 0) is 19.3 Å². The van der Waals surface area contributed by atoms with E-state index in [4.69, 9.17) is 9.57 Å². The van der Waals surface area contributed by atoms with Gasteiger partial charge < -0.3 is 4.74 Å². The summed E-state index contributed by atoms with van der Waals surface area (Å²) in [5.41, 5.74) is 2.98. The molecule has 3 nitrogen and oxygen atoms in total. The lowest BCUT2D eigenvalue weighted by atomic mass is 10.3. The average molecular weight is 173 g/mol. The van der Waals surface area contributed by atoms with Crippen LogP contribution in [0.2, 0.25) is 0 Å². The summed E-state index contributed by atoms with van der Waals surface area (Å²) in [5.74, 6) is 0. The lowest BCUT2D eigenvalue weighted by Gasteiger charge is -2.10. The second-order valence-corrected chi connectivity index (χ2v) is 3.27. The minimum absolute atomic E-state index is 0.465. The summed E-state index contributed by atoms with van der Waals surface area (Å²) in [4.78, 5) is 5.44. The van der Waals surface area contributed by atoms with Crippen molar-refractivity contribution in [1.82, 2.24) is 5.48 Å². The molecule has 0 saturated heterocycles. The van der Waals surface area contributed by atoms with Gasteiger partial charge >= 0.3 is 0 Å². The first-order valence-corrected chi connectivity index (χ1v) is 4.81. The Balaban J connectivity index is 1.81. The van der Waals surface area contributed by atoms with Crippen molar-refractivity contribution in [3.63, 3.8) is 0 Å². The molecule has 1 aliphatic carbocycles. The first-order valence-electron chi connectivity index (χ1n) is 4.81. The van der Waals surface area contributed by atoms with Gasteiger partial charge in [0.05, 0.1) is 6.10 Å². The number of hydrogen-bond donors (Lipinski definition) is 1. The Labute approximate surface area is 74.4 Å². The number of ether oxygens (including phenoxy) is 1. The second kappa shape index (κ2) is 6.40. The Morgan fingerprint density at radius 2 is 2.08 bits per heavy atom. The molecular weight excluding hydrogens is 154 g/mol. The first kappa shape index (κ1) is 9.96. The van der Waals surface area contributed by atoms with E-state index >= 15 is 0 Å².